The fraction of sp³-hybridized carbons (Fsp3) is 0.533. The third-order valence-electron chi connectivity index (χ3n) is 5.07. The lowest BCUT2D eigenvalue weighted by Gasteiger charge is -2.43. The van der Waals surface area contributed by atoms with Crippen molar-refractivity contribution in [3.05, 3.63) is 35.9 Å². The van der Waals surface area contributed by atoms with Crippen molar-refractivity contribution in [3.63, 3.8) is 0 Å². The molecule has 0 radical (unpaired) electrons. The van der Waals surface area contributed by atoms with E-state index < -0.39 is 23.1 Å². The molecular weight excluding hydrogens is 245 g/mol. The Bertz CT molecular complexity index is 506. The summed E-state index contributed by atoms with van der Waals surface area (Å²) >= 11 is 0. The van der Waals surface area contributed by atoms with Crippen LogP contribution >= 0.6 is 0 Å². The van der Waals surface area contributed by atoms with Crippen molar-refractivity contribution in [2.24, 2.45) is 17.1 Å². The van der Waals surface area contributed by atoms with Gasteiger partial charge in [-0.25, -0.2) is 4.39 Å². The van der Waals surface area contributed by atoms with E-state index in [1.54, 1.807) is 0 Å². The fourth-order valence-corrected chi connectivity index (χ4v) is 4.04. The van der Waals surface area contributed by atoms with Gasteiger partial charge in [0, 0.05) is 5.54 Å². The molecule has 2 bridgehead atoms. The summed E-state index contributed by atoms with van der Waals surface area (Å²) in [6.07, 6.45) is 0.646. The first-order valence-corrected chi connectivity index (χ1v) is 6.70. The van der Waals surface area contributed by atoms with Crippen LogP contribution in [0.4, 0.5) is 4.39 Å². The van der Waals surface area contributed by atoms with Crippen molar-refractivity contribution < 1.29 is 14.3 Å². The first kappa shape index (κ1) is 12.6. The Hall–Kier alpha value is -1.42. The maximum atomic E-state index is 14.7. The molecule has 19 heavy (non-hydrogen) atoms. The van der Waals surface area contributed by atoms with Crippen LogP contribution in [0.15, 0.2) is 30.3 Å². The summed E-state index contributed by atoms with van der Waals surface area (Å²) in [7, 11) is 0. The van der Waals surface area contributed by atoms with Crippen LogP contribution in [0.3, 0.4) is 0 Å². The molecule has 0 saturated heterocycles. The van der Waals surface area contributed by atoms with Crippen LogP contribution in [0.1, 0.15) is 24.8 Å². The lowest BCUT2D eigenvalue weighted by atomic mass is 9.64. The van der Waals surface area contributed by atoms with Crippen LogP contribution in [-0.2, 0) is 11.2 Å². The van der Waals surface area contributed by atoms with E-state index in [0.29, 0.717) is 19.3 Å². The molecule has 4 heteroatoms. The van der Waals surface area contributed by atoms with E-state index in [4.69, 9.17) is 5.73 Å². The number of alkyl halides is 1. The number of benzene rings is 1. The van der Waals surface area contributed by atoms with Crippen LogP contribution in [0.2, 0.25) is 0 Å². The number of carbonyl (C=O) groups is 1. The number of nitrogens with two attached hydrogens (primary N) is 1. The quantitative estimate of drug-likeness (QED) is 0.878. The van der Waals surface area contributed by atoms with Gasteiger partial charge in [0.25, 0.3) is 0 Å². The lowest BCUT2D eigenvalue weighted by molar-refractivity contribution is -0.158. The topological polar surface area (TPSA) is 63.3 Å². The number of halogens is 1. The van der Waals surface area contributed by atoms with Crippen molar-refractivity contribution in [1.29, 1.82) is 0 Å². The molecule has 2 aliphatic rings. The first-order chi connectivity index (χ1) is 8.99. The summed E-state index contributed by atoms with van der Waals surface area (Å²) in [5.74, 6) is -1.28. The number of rotatable bonds is 3. The van der Waals surface area contributed by atoms with E-state index in [2.05, 4.69) is 0 Å². The van der Waals surface area contributed by atoms with Crippen molar-refractivity contribution in [2.75, 3.05) is 0 Å². The minimum absolute atomic E-state index is 0.178. The number of carboxylic acids is 1. The summed E-state index contributed by atoms with van der Waals surface area (Å²) in [6.45, 7) is 0. The number of aliphatic carboxylic acids is 1. The second-order valence-electron chi connectivity index (χ2n) is 6.00. The van der Waals surface area contributed by atoms with Gasteiger partial charge in [0.2, 0.25) is 0 Å². The minimum atomic E-state index is -1.46. The number of fused-ring (bicyclic) bond motifs is 2. The van der Waals surface area contributed by atoms with Crippen molar-refractivity contribution in [2.45, 2.75) is 37.4 Å². The fourth-order valence-electron chi connectivity index (χ4n) is 4.04. The zero-order valence-corrected chi connectivity index (χ0v) is 10.7. The third kappa shape index (κ3) is 1.56. The zero-order valence-electron chi connectivity index (χ0n) is 10.7. The Balaban J connectivity index is 2.03. The molecule has 2 saturated carbocycles. The van der Waals surface area contributed by atoms with E-state index >= 15 is 0 Å². The van der Waals surface area contributed by atoms with Gasteiger partial charge in [-0.3, -0.25) is 4.79 Å². The van der Waals surface area contributed by atoms with Crippen molar-refractivity contribution >= 4 is 5.97 Å². The van der Waals surface area contributed by atoms with Gasteiger partial charge in [-0.2, -0.15) is 0 Å². The van der Waals surface area contributed by atoms with Gasteiger partial charge in [-0.15, -0.1) is 0 Å². The normalized spacial score (nSPS) is 40.5. The van der Waals surface area contributed by atoms with E-state index in [1.807, 2.05) is 30.3 Å². The predicted molar refractivity (Wildman–Crippen MR) is 69.4 cm³/mol. The standard InChI is InChI=1S/C15H18FNO2/c16-12-11-6-7-14(17,9-11)15(12,13(18)19)8-10-4-2-1-3-5-10/h1-5,11-12H,6-9,17H2,(H,18,19). The summed E-state index contributed by atoms with van der Waals surface area (Å²) in [5, 5.41) is 9.66. The van der Waals surface area contributed by atoms with E-state index in [9.17, 15) is 14.3 Å². The minimum Gasteiger partial charge on any atom is -0.481 e. The molecule has 1 aromatic rings. The van der Waals surface area contributed by atoms with E-state index in [-0.39, 0.29) is 12.3 Å². The lowest BCUT2D eigenvalue weighted by Crippen LogP contribution is -2.61. The second-order valence-corrected chi connectivity index (χ2v) is 6.00. The molecule has 3 nitrogen and oxygen atoms in total. The second kappa shape index (κ2) is 4.04. The Kier molecular flexibility index (Phi) is 2.68. The summed E-state index contributed by atoms with van der Waals surface area (Å²) in [5.41, 5.74) is 4.77. The van der Waals surface area contributed by atoms with Crippen LogP contribution in [0.25, 0.3) is 0 Å². The highest BCUT2D eigenvalue weighted by molar-refractivity contribution is 5.79. The summed E-state index contributed by atoms with van der Waals surface area (Å²) in [6, 6.07) is 9.23. The molecule has 1 aromatic carbocycles. The molecule has 3 rings (SSSR count). The molecular formula is C15H18FNO2. The highest BCUT2D eigenvalue weighted by atomic mass is 19.1. The number of hydrogen-bond donors (Lipinski definition) is 2. The zero-order chi connectivity index (χ0) is 13.7. The van der Waals surface area contributed by atoms with Gasteiger partial charge in [-0.1, -0.05) is 30.3 Å². The van der Waals surface area contributed by atoms with Crippen LogP contribution < -0.4 is 5.73 Å². The average molecular weight is 263 g/mol. The SMILES string of the molecule is NC12CCC(C1)C(F)C2(Cc1ccccc1)C(=O)O. The summed E-state index contributed by atoms with van der Waals surface area (Å²) < 4.78 is 14.7. The predicted octanol–water partition coefficient (Wildman–Crippen LogP) is 2.15. The van der Waals surface area contributed by atoms with E-state index in [1.165, 1.54) is 0 Å². The van der Waals surface area contributed by atoms with Crippen LogP contribution in [0.5, 0.6) is 0 Å². The largest absolute Gasteiger partial charge is 0.481 e. The van der Waals surface area contributed by atoms with Crippen molar-refractivity contribution in [1.82, 2.24) is 0 Å². The third-order valence-corrected chi connectivity index (χ3v) is 5.07. The first-order valence-electron chi connectivity index (χ1n) is 6.70. The van der Waals surface area contributed by atoms with Gasteiger partial charge < -0.3 is 10.8 Å². The molecule has 0 spiro atoms. The van der Waals surface area contributed by atoms with Gasteiger partial charge in [0.1, 0.15) is 11.6 Å². The molecule has 0 amide bonds. The monoisotopic (exact) mass is 263 g/mol. The van der Waals surface area contributed by atoms with Crippen LogP contribution in [-0.4, -0.2) is 22.8 Å². The summed E-state index contributed by atoms with van der Waals surface area (Å²) in [4.78, 5) is 11.8. The van der Waals surface area contributed by atoms with Gasteiger partial charge in [-0.05, 0) is 37.2 Å². The molecule has 102 valence electrons. The van der Waals surface area contributed by atoms with Gasteiger partial charge in [0.15, 0.2) is 0 Å². The Morgan fingerprint density at radius 2 is 2.11 bits per heavy atom. The van der Waals surface area contributed by atoms with Crippen molar-refractivity contribution in [3.8, 4) is 0 Å². The Labute approximate surface area is 111 Å². The highest BCUT2D eigenvalue weighted by Gasteiger charge is 2.70. The maximum absolute atomic E-state index is 14.7. The highest BCUT2D eigenvalue weighted by Crippen LogP contribution is 2.60. The smallest absolute Gasteiger partial charge is 0.314 e. The molecule has 4 atom stereocenters. The Morgan fingerprint density at radius 1 is 1.42 bits per heavy atom. The number of hydrogen-bond acceptors (Lipinski definition) is 2. The number of carboxylic acid groups (broad SMARTS) is 1. The molecule has 0 aliphatic heterocycles. The van der Waals surface area contributed by atoms with Gasteiger partial charge >= 0.3 is 5.97 Å². The molecule has 4 unspecified atom stereocenters. The molecule has 2 fully saturated rings. The molecule has 3 N–H and O–H groups in total. The molecule has 0 heterocycles. The van der Waals surface area contributed by atoms with E-state index in [0.717, 1.165) is 5.56 Å². The molecule has 2 aliphatic carbocycles. The van der Waals surface area contributed by atoms with Gasteiger partial charge in [0.05, 0.1) is 0 Å². The Morgan fingerprint density at radius 3 is 2.63 bits per heavy atom. The average Bonchev–Trinajstić information content (AvgIpc) is 2.87. The molecule has 0 aromatic heterocycles. The van der Waals surface area contributed by atoms with Crippen LogP contribution in [0, 0.1) is 11.3 Å². The maximum Gasteiger partial charge on any atom is 0.314 e.